The molecule has 1 amide bonds. The molecule has 1 aromatic rings. The molecule has 0 saturated heterocycles. The SMILES string of the molecule is CNC(C(=O)O)C(=O)c1ccc2c(c1)NC(=O)CO2. The van der Waals surface area contributed by atoms with Crippen LogP contribution >= 0.6 is 0 Å². The van der Waals surface area contributed by atoms with Crippen LogP contribution in [0.2, 0.25) is 0 Å². The van der Waals surface area contributed by atoms with Crippen LogP contribution < -0.4 is 15.4 Å². The molecule has 0 radical (unpaired) electrons. The number of aliphatic carboxylic acids is 1. The highest BCUT2D eigenvalue weighted by Crippen LogP contribution is 2.28. The molecule has 19 heavy (non-hydrogen) atoms. The average Bonchev–Trinajstić information content (AvgIpc) is 2.38. The van der Waals surface area contributed by atoms with Crippen LogP contribution in [-0.2, 0) is 9.59 Å². The molecule has 0 spiro atoms. The summed E-state index contributed by atoms with van der Waals surface area (Å²) in [6.07, 6.45) is 0. The second kappa shape index (κ2) is 5.07. The number of amides is 1. The number of ether oxygens (including phenoxy) is 1. The third-order valence-electron chi connectivity index (χ3n) is 2.69. The lowest BCUT2D eigenvalue weighted by molar-refractivity contribution is -0.138. The molecule has 1 atom stereocenters. The number of hydrogen-bond acceptors (Lipinski definition) is 5. The first-order chi connectivity index (χ1) is 9.02. The monoisotopic (exact) mass is 264 g/mol. The summed E-state index contributed by atoms with van der Waals surface area (Å²) < 4.78 is 5.15. The Morgan fingerprint density at radius 3 is 2.84 bits per heavy atom. The van der Waals surface area contributed by atoms with Crippen molar-refractivity contribution in [2.24, 2.45) is 0 Å². The number of anilines is 1. The topological polar surface area (TPSA) is 105 Å². The van der Waals surface area contributed by atoms with Crippen molar-refractivity contribution >= 4 is 23.3 Å². The van der Waals surface area contributed by atoms with Crippen molar-refractivity contribution in [3.05, 3.63) is 23.8 Å². The first-order valence-corrected chi connectivity index (χ1v) is 5.54. The highest BCUT2D eigenvalue weighted by molar-refractivity contribution is 6.12. The number of ketones is 1. The fraction of sp³-hybridized carbons (Fsp3) is 0.250. The number of likely N-dealkylation sites (N-methyl/N-ethyl adjacent to an activating group) is 1. The molecule has 100 valence electrons. The number of nitrogens with one attached hydrogen (secondary N) is 2. The summed E-state index contributed by atoms with van der Waals surface area (Å²) in [5.74, 6) is -1.71. The molecule has 2 rings (SSSR count). The Labute approximate surface area is 108 Å². The predicted octanol–water partition coefficient (Wildman–Crippen LogP) is -0.127. The fourth-order valence-electron chi connectivity index (χ4n) is 1.77. The molecule has 1 aliphatic rings. The lowest BCUT2D eigenvalue weighted by Crippen LogP contribution is -2.41. The normalized spacial score (nSPS) is 14.9. The summed E-state index contributed by atoms with van der Waals surface area (Å²) in [5.41, 5.74) is 0.550. The van der Waals surface area contributed by atoms with Gasteiger partial charge in [0.05, 0.1) is 5.69 Å². The van der Waals surface area contributed by atoms with E-state index in [1.165, 1.54) is 25.2 Å². The van der Waals surface area contributed by atoms with Gasteiger partial charge in [0.25, 0.3) is 5.91 Å². The molecule has 0 bridgehead atoms. The van der Waals surface area contributed by atoms with Gasteiger partial charge in [-0.25, -0.2) is 0 Å². The van der Waals surface area contributed by atoms with Gasteiger partial charge in [-0.2, -0.15) is 0 Å². The van der Waals surface area contributed by atoms with Crippen molar-refractivity contribution in [1.82, 2.24) is 5.32 Å². The van der Waals surface area contributed by atoms with Crippen molar-refractivity contribution in [2.45, 2.75) is 6.04 Å². The Balaban J connectivity index is 2.31. The van der Waals surface area contributed by atoms with Gasteiger partial charge in [0.15, 0.2) is 18.4 Å². The zero-order valence-corrected chi connectivity index (χ0v) is 10.1. The largest absolute Gasteiger partial charge is 0.482 e. The van der Waals surface area contributed by atoms with Crippen LogP contribution in [0.25, 0.3) is 0 Å². The maximum absolute atomic E-state index is 12.0. The Hall–Kier alpha value is -2.41. The summed E-state index contributed by atoms with van der Waals surface area (Å²) in [4.78, 5) is 34.1. The van der Waals surface area contributed by atoms with E-state index in [1.54, 1.807) is 0 Å². The molecular weight excluding hydrogens is 252 g/mol. The van der Waals surface area contributed by atoms with Crippen molar-refractivity contribution in [3.63, 3.8) is 0 Å². The molecular formula is C12H12N2O5. The van der Waals surface area contributed by atoms with E-state index < -0.39 is 17.8 Å². The van der Waals surface area contributed by atoms with E-state index in [0.717, 1.165) is 0 Å². The Kier molecular flexibility index (Phi) is 3.48. The van der Waals surface area contributed by atoms with Crippen molar-refractivity contribution < 1.29 is 24.2 Å². The van der Waals surface area contributed by atoms with Crippen LogP contribution in [0, 0.1) is 0 Å². The van der Waals surface area contributed by atoms with Crippen LogP contribution in [0.5, 0.6) is 5.75 Å². The van der Waals surface area contributed by atoms with Gasteiger partial charge >= 0.3 is 5.97 Å². The minimum Gasteiger partial charge on any atom is -0.482 e. The minimum atomic E-state index is -1.32. The van der Waals surface area contributed by atoms with E-state index in [2.05, 4.69) is 10.6 Å². The lowest BCUT2D eigenvalue weighted by atomic mass is 10.0. The molecule has 0 saturated carbocycles. The number of benzene rings is 1. The van der Waals surface area contributed by atoms with Crippen LogP contribution in [-0.4, -0.2) is 42.5 Å². The smallest absolute Gasteiger partial charge is 0.328 e. The van der Waals surface area contributed by atoms with E-state index in [-0.39, 0.29) is 18.1 Å². The fourth-order valence-corrected chi connectivity index (χ4v) is 1.77. The van der Waals surface area contributed by atoms with Crippen molar-refractivity contribution in [3.8, 4) is 5.75 Å². The van der Waals surface area contributed by atoms with Gasteiger partial charge in [0, 0.05) is 5.56 Å². The number of rotatable bonds is 4. The molecule has 1 heterocycles. The highest BCUT2D eigenvalue weighted by Gasteiger charge is 2.26. The summed E-state index contributed by atoms with van der Waals surface area (Å²) in [6, 6.07) is 3.07. The number of carbonyl (C=O) groups excluding carboxylic acids is 2. The van der Waals surface area contributed by atoms with E-state index in [0.29, 0.717) is 11.4 Å². The quantitative estimate of drug-likeness (QED) is 0.517. The van der Waals surface area contributed by atoms with Crippen LogP contribution in [0.15, 0.2) is 18.2 Å². The maximum Gasteiger partial charge on any atom is 0.328 e. The lowest BCUT2D eigenvalue weighted by Gasteiger charge is -2.19. The number of Topliss-reactive ketones (excluding diaryl/α,β-unsaturated/α-hetero) is 1. The van der Waals surface area contributed by atoms with Crippen LogP contribution in [0.1, 0.15) is 10.4 Å². The highest BCUT2D eigenvalue weighted by atomic mass is 16.5. The number of hydrogen-bond donors (Lipinski definition) is 3. The molecule has 1 unspecified atom stereocenters. The molecule has 0 aromatic heterocycles. The van der Waals surface area contributed by atoms with E-state index >= 15 is 0 Å². The number of carboxylic acid groups (broad SMARTS) is 1. The third-order valence-corrected chi connectivity index (χ3v) is 2.69. The molecule has 7 heteroatoms. The summed E-state index contributed by atoms with van der Waals surface area (Å²) in [7, 11) is 1.39. The number of carboxylic acids is 1. The Morgan fingerprint density at radius 1 is 1.47 bits per heavy atom. The predicted molar refractivity (Wildman–Crippen MR) is 65.4 cm³/mol. The second-order valence-corrected chi connectivity index (χ2v) is 3.97. The Bertz CT molecular complexity index is 555. The number of fused-ring (bicyclic) bond motifs is 1. The molecule has 0 fully saturated rings. The van der Waals surface area contributed by atoms with E-state index in [1.807, 2.05) is 0 Å². The zero-order chi connectivity index (χ0) is 14.0. The van der Waals surface area contributed by atoms with Gasteiger partial charge in [-0.3, -0.25) is 14.4 Å². The van der Waals surface area contributed by atoms with Crippen molar-refractivity contribution in [1.29, 1.82) is 0 Å². The van der Waals surface area contributed by atoms with E-state index in [4.69, 9.17) is 9.84 Å². The summed E-state index contributed by atoms with van der Waals surface area (Å²) in [5, 5.41) is 13.9. The van der Waals surface area contributed by atoms with Gasteiger partial charge < -0.3 is 20.5 Å². The molecule has 1 aliphatic heterocycles. The first-order valence-electron chi connectivity index (χ1n) is 5.54. The van der Waals surface area contributed by atoms with E-state index in [9.17, 15) is 14.4 Å². The zero-order valence-electron chi connectivity index (χ0n) is 10.1. The van der Waals surface area contributed by atoms with Gasteiger partial charge in [0.1, 0.15) is 5.75 Å². The molecule has 7 nitrogen and oxygen atoms in total. The maximum atomic E-state index is 12.0. The van der Waals surface area contributed by atoms with Crippen LogP contribution in [0.3, 0.4) is 0 Å². The number of carbonyl (C=O) groups is 3. The van der Waals surface area contributed by atoms with Gasteiger partial charge in [0.2, 0.25) is 0 Å². The van der Waals surface area contributed by atoms with Crippen LogP contribution in [0.4, 0.5) is 5.69 Å². The third kappa shape index (κ3) is 2.55. The molecule has 3 N–H and O–H groups in total. The van der Waals surface area contributed by atoms with Gasteiger partial charge in [-0.1, -0.05) is 0 Å². The first kappa shape index (κ1) is 13.0. The van der Waals surface area contributed by atoms with Crippen molar-refractivity contribution in [2.75, 3.05) is 19.0 Å². The molecule has 0 aliphatic carbocycles. The summed E-state index contributed by atoms with van der Waals surface area (Å²) >= 11 is 0. The molecule has 1 aromatic carbocycles. The summed E-state index contributed by atoms with van der Waals surface area (Å²) in [6.45, 7) is -0.0748. The average molecular weight is 264 g/mol. The van der Waals surface area contributed by atoms with Gasteiger partial charge in [-0.15, -0.1) is 0 Å². The standard InChI is InChI=1S/C12H12N2O5/c1-13-10(12(17)18)11(16)6-2-3-8-7(4-6)14-9(15)5-19-8/h2-4,10,13H,5H2,1H3,(H,14,15)(H,17,18). The minimum absolute atomic E-state index is 0.0748. The van der Waals surface area contributed by atoms with Gasteiger partial charge in [-0.05, 0) is 25.2 Å². The Morgan fingerprint density at radius 2 is 2.21 bits per heavy atom. The second-order valence-electron chi connectivity index (χ2n) is 3.97.